The van der Waals surface area contributed by atoms with E-state index in [9.17, 15) is 4.79 Å². The average molecular weight is 436 g/mol. The summed E-state index contributed by atoms with van der Waals surface area (Å²) < 4.78 is 10.6. The van der Waals surface area contributed by atoms with Gasteiger partial charge in [-0.05, 0) is 23.8 Å². The lowest BCUT2D eigenvalue weighted by Crippen LogP contribution is -2.29. The molecule has 0 saturated carbocycles. The molecule has 0 saturated heterocycles. The highest BCUT2D eigenvalue weighted by molar-refractivity contribution is 7.15. The Bertz CT molecular complexity index is 1080. The van der Waals surface area contributed by atoms with E-state index in [4.69, 9.17) is 9.47 Å². The summed E-state index contributed by atoms with van der Waals surface area (Å²) in [6.45, 7) is 2.75. The van der Waals surface area contributed by atoms with Gasteiger partial charge in [0.2, 0.25) is 5.91 Å². The van der Waals surface area contributed by atoms with E-state index >= 15 is 0 Å². The molecule has 1 aliphatic heterocycles. The van der Waals surface area contributed by atoms with Crippen molar-refractivity contribution in [1.29, 1.82) is 0 Å². The zero-order valence-electron chi connectivity index (χ0n) is 17.6. The summed E-state index contributed by atoms with van der Waals surface area (Å²) in [4.78, 5) is 20.7. The highest BCUT2D eigenvalue weighted by Gasteiger charge is 2.21. The van der Waals surface area contributed by atoms with Crippen LogP contribution < -0.4 is 14.8 Å². The quantitative estimate of drug-likeness (QED) is 0.559. The van der Waals surface area contributed by atoms with Gasteiger partial charge in [0.05, 0.1) is 19.9 Å². The van der Waals surface area contributed by atoms with E-state index in [2.05, 4.69) is 39.5 Å². The molecular formula is C24H25N3O3S. The van der Waals surface area contributed by atoms with Gasteiger partial charge in [-0.2, -0.15) is 0 Å². The zero-order valence-corrected chi connectivity index (χ0v) is 18.4. The van der Waals surface area contributed by atoms with Crippen LogP contribution in [0.1, 0.15) is 21.7 Å². The van der Waals surface area contributed by atoms with Gasteiger partial charge in [0.25, 0.3) is 0 Å². The molecule has 0 bridgehead atoms. The van der Waals surface area contributed by atoms with E-state index in [1.54, 1.807) is 37.7 Å². The summed E-state index contributed by atoms with van der Waals surface area (Å²) in [7, 11) is 3.19. The largest absolute Gasteiger partial charge is 0.497 e. The predicted octanol–water partition coefficient (Wildman–Crippen LogP) is 4.37. The first-order valence-corrected chi connectivity index (χ1v) is 10.9. The van der Waals surface area contributed by atoms with Crippen molar-refractivity contribution >= 4 is 28.5 Å². The molecule has 0 spiro atoms. The third-order valence-electron chi connectivity index (χ3n) is 5.14. The molecule has 4 rings (SSSR count). The first-order valence-electron chi connectivity index (χ1n) is 10.1. The molecule has 7 heteroatoms. The standard InChI is InChI=1S/C24H25N3O3S/c1-29-19-10-8-18(21(14-19)30-2)9-11-23(28)26-24-25-20-12-13-27(16-22(20)31-24)15-17-6-4-3-5-7-17/h3-11,14H,12-13,15-16H2,1-2H3,(H,25,26,28)/b11-9+. The average Bonchev–Trinajstić information content (AvgIpc) is 3.19. The highest BCUT2D eigenvalue weighted by Crippen LogP contribution is 2.29. The molecule has 0 aliphatic carbocycles. The Balaban J connectivity index is 1.38. The van der Waals surface area contributed by atoms with Crippen LogP contribution >= 0.6 is 11.3 Å². The topological polar surface area (TPSA) is 63.7 Å². The molecule has 2 heterocycles. The Labute approximate surface area is 186 Å². The number of fused-ring (bicyclic) bond motifs is 1. The van der Waals surface area contributed by atoms with Gasteiger partial charge in [-0.15, -0.1) is 11.3 Å². The van der Waals surface area contributed by atoms with Gasteiger partial charge in [-0.3, -0.25) is 15.0 Å². The normalized spacial score (nSPS) is 13.7. The van der Waals surface area contributed by atoms with Gasteiger partial charge in [0.15, 0.2) is 5.13 Å². The van der Waals surface area contributed by atoms with Gasteiger partial charge < -0.3 is 9.47 Å². The van der Waals surface area contributed by atoms with Crippen molar-refractivity contribution in [2.45, 2.75) is 19.5 Å². The number of amides is 1. The number of nitrogens with one attached hydrogen (secondary N) is 1. The summed E-state index contributed by atoms with van der Waals surface area (Å²) in [6, 6.07) is 15.9. The van der Waals surface area contributed by atoms with E-state index in [-0.39, 0.29) is 5.91 Å². The first kappa shape index (κ1) is 21.1. The molecule has 160 valence electrons. The third-order valence-corrected chi connectivity index (χ3v) is 6.14. The Morgan fingerprint density at radius 3 is 2.81 bits per heavy atom. The lowest BCUT2D eigenvalue weighted by Gasteiger charge is -2.25. The van der Waals surface area contributed by atoms with Crippen molar-refractivity contribution in [3.8, 4) is 11.5 Å². The summed E-state index contributed by atoms with van der Waals surface area (Å²) >= 11 is 1.55. The fraction of sp³-hybridized carbons (Fsp3) is 0.250. The molecule has 1 aromatic heterocycles. The molecule has 6 nitrogen and oxygen atoms in total. The third kappa shape index (κ3) is 5.31. The van der Waals surface area contributed by atoms with E-state index in [0.29, 0.717) is 16.6 Å². The Hall–Kier alpha value is -3.16. The predicted molar refractivity (Wildman–Crippen MR) is 124 cm³/mol. The zero-order chi connectivity index (χ0) is 21.6. The summed E-state index contributed by atoms with van der Waals surface area (Å²) in [5.74, 6) is 1.13. The van der Waals surface area contributed by atoms with Crippen molar-refractivity contribution in [1.82, 2.24) is 9.88 Å². The fourth-order valence-corrected chi connectivity index (χ4v) is 4.60. The summed E-state index contributed by atoms with van der Waals surface area (Å²) in [5, 5.41) is 3.53. The molecule has 0 radical (unpaired) electrons. The monoisotopic (exact) mass is 435 g/mol. The molecule has 31 heavy (non-hydrogen) atoms. The maximum absolute atomic E-state index is 12.4. The van der Waals surface area contributed by atoms with Crippen LogP contribution in [0.2, 0.25) is 0 Å². The van der Waals surface area contributed by atoms with Gasteiger partial charge in [0, 0.05) is 48.6 Å². The van der Waals surface area contributed by atoms with Crippen molar-refractivity contribution in [2.24, 2.45) is 0 Å². The van der Waals surface area contributed by atoms with Crippen LogP contribution in [0.15, 0.2) is 54.6 Å². The number of ether oxygens (including phenoxy) is 2. The van der Waals surface area contributed by atoms with Gasteiger partial charge in [0.1, 0.15) is 11.5 Å². The van der Waals surface area contributed by atoms with Gasteiger partial charge in [-0.1, -0.05) is 30.3 Å². The molecule has 0 unspecified atom stereocenters. The molecule has 3 aromatic rings. The molecular weight excluding hydrogens is 410 g/mol. The lowest BCUT2D eigenvalue weighted by atomic mass is 10.1. The molecule has 0 fully saturated rings. The summed E-state index contributed by atoms with van der Waals surface area (Å²) in [5.41, 5.74) is 3.20. The van der Waals surface area contributed by atoms with E-state index < -0.39 is 0 Å². The van der Waals surface area contributed by atoms with Crippen LogP contribution in [0.25, 0.3) is 6.08 Å². The van der Waals surface area contributed by atoms with Crippen LogP contribution in [-0.2, 0) is 24.3 Å². The van der Waals surface area contributed by atoms with Gasteiger partial charge in [-0.25, -0.2) is 4.98 Å². The first-order chi connectivity index (χ1) is 15.1. The van der Waals surface area contributed by atoms with Gasteiger partial charge >= 0.3 is 0 Å². The molecule has 0 atom stereocenters. The van der Waals surface area contributed by atoms with Crippen molar-refractivity contribution in [2.75, 3.05) is 26.1 Å². The second-order valence-corrected chi connectivity index (χ2v) is 8.35. The second kappa shape index (κ2) is 9.76. The maximum Gasteiger partial charge on any atom is 0.250 e. The molecule has 1 N–H and O–H groups in total. The number of thiazole rings is 1. The van der Waals surface area contributed by atoms with E-state index in [0.717, 1.165) is 37.3 Å². The minimum atomic E-state index is -0.217. The van der Waals surface area contributed by atoms with Crippen LogP contribution in [-0.4, -0.2) is 36.6 Å². The Morgan fingerprint density at radius 1 is 1.19 bits per heavy atom. The number of benzene rings is 2. The number of hydrogen-bond acceptors (Lipinski definition) is 6. The molecule has 2 aromatic carbocycles. The van der Waals surface area contributed by atoms with Crippen LogP contribution in [0.3, 0.4) is 0 Å². The Morgan fingerprint density at radius 2 is 2.03 bits per heavy atom. The fourth-order valence-electron chi connectivity index (χ4n) is 3.55. The lowest BCUT2D eigenvalue weighted by molar-refractivity contribution is -0.111. The SMILES string of the molecule is COc1ccc(/C=C/C(=O)Nc2nc3c(s2)CN(Cc2ccccc2)CC3)c(OC)c1. The molecule has 1 amide bonds. The number of hydrogen-bond donors (Lipinski definition) is 1. The number of aromatic nitrogens is 1. The summed E-state index contributed by atoms with van der Waals surface area (Å²) in [6.07, 6.45) is 4.11. The number of methoxy groups -OCH3 is 2. The number of nitrogens with zero attached hydrogens (tertiary/aromatic N) is 2. The maximum atomic E-state index is 12.4. The highest BCUT2D eigenvalue weighted by atomic mass is 32.1. The van der Waals surface area contributed by atoms with Crippen molar-refractivity contribution in [3.63, 3.8) is 0 Å². The second-order valence-electron chi connectivity index (χ2n) is 7.27. The Kier molecular flexibility index (Phi) is 6.64. The minimum absolute atomic E-state index is 0.217. The van der Waals surface area contributed by atoms with E-state index in [1.165, 1.54) is 16.5 Å². The van der Waals surface area contributed by atoms with Crippen LogP contribution in [0.5, 0.6) is 11.5 Å². The number of anilines is 1. The molecule has 1 aliphatic rings. The van der Waals surface area contributed by atoms with Crippen LogP contribution in [0, 0.1) is 0 Å². The minimum Gasteiger partial charge on any atom is -0.497 e. The van der Waals surface area contributed by atoms with E-state index in [1.807, 2.05) is 18.2 Å². The van der Waals surface area contributed by atoms with Crippen LogP contribution in [0.4, 0.5) is 5.13 Å². The van der Waals surface area contributed by atoms with Crippen molar-refractivity contribution < 1.29 is 14.3 Å². The number of carbonyl (C=O) groups excluding carboxylic acids is 1. The number of rotatable bonds is 7. The number of carbonyl (C=O) groups is 1. The smallest absolute Gasteiger partial charge is 0.250 e. The van der Waals surface area contributed by atoms with Crippen molar-refractivity contribution in [3.05, 3.63) is 76.3 Å².